The first-order valence-corrected chi connectivity index (χ1v) is 9.71. The zero-order valence-electron chi connectivity index (χ0n) is 12.6. The Morgan fingerprint density at radius 1 is 1.15 bits per heavy atom. The smallest absolute Gasteiger partial charge is 0.206 e. The highest BCUT2D eigenvalue weighted by atomic mass is 35.5. The summed E-state index contributed by atoms with van der Waals surface area (Å²) in [7, 11) is -3.38. The van der Waals surface area contributed by atoms with E-state index in [-0.39, 0.29) is 0 Å². The number of aryl methyl sites for hydroxylation is 1. The molecule has 116 valence electrons. The van der Waals surface area contributed by atoms with E-state index in [0.717, 1.165) is 11.3 Å². The first kappa shape index (κ1) is 18.0. The van der Waals surface area contributed by atoms with Crippen LogP contribution in [-0.4, -0.2) is 31.7 Å². The topological polar surface area (TPSA) is 37.4 Å². The zero-order valence-corrected chi connectivity index (χ0v) is 15.0. The third-order valence-corrected chi connectivity index (χ3v) is 6.34. The summed E-state index contributed by atoms with van der Waals surface area (Å²) in [6.45, 7) is 9.27. The van der Waals surface area contributed by atoms with Crippen molar-refractivity contribution >= 4 is 33.0 Å². The van der Waals surface area contributed by atoms with E-state index in [4.69, 9.17) is 11.6 Å². The van der Waals surface area contributed by atoms with Gasteiger partial charge in [-0.15, -0.1) is 22.9 Å². The first-order valence-electron chi connectivity index (χ1n) is 6.92. The average Bonchev–Trinajstić information content (AvgIpc) is 2.76. The Morgan fingerprint density at radius 3 is 2.15 bits per heavy atom. The number of sulfonamides is 1. The highest BCUT2D eigenvalue weighted by Gasteiger charge is 2.27. The molecule has 0 radical (unpaired) electrons. The second kappa shape index (κ2) is 7.78. The molecule has 0 aliphatic carbocycles. The summed E-state index contributed by atoms with van der Waals surface area (Å²) in [5.74, 6) is 1.14. The Hall–Kier alpha value is -0.100. The number of nitrogens with zero attached hydrogens (tertiary/aromatic N) is 1. The Balaban J connectivity index is 3.01. The van der Waals surface area contributed by atoms with Crippen molar-refractivity contribution in [2.24, 2.45) is 11.8 Å². The van der Waals surface area contributed by atoms with Crippen LogP contribution in [0.5, 0.6) is 0 Å². The van der Waals surface area contributed by atoms with Crippen LogP contribution in [0.15, 0.2) is 16.3 Å². The largest absolute Gasteiger partial charge is 0.252 e. The highest BCUT2D eigenvalue weighted by molar-refractivity contribution is 7.91. The number of alkyl halides is 1. The summed E-state index contributed by atoms with van der Waals surface area (Å²) >= 11 is 7.04. The van der Waals surface area contributed by atoms with Crippen molar-refractivity contribution in [1.29, 1.82) is 0 Å². The molecule has 0 unspecified atom stereocenters. The van der Waals surface area contributed by atoms with Crippen LogP contribution in [0.3, 0.4) is 0 Å². The lowest BCUT2D eigenvalue weighted by molar-refractivity contribution is 0.334. The van der Waals surface area contributed by atoms with Crippen LogP contribution in [-0.2, 0) is 16.4 Å². The van der Waals surface area contributed by atoms with Gasteiger partial charge in [0.05, 0.1) is 0 Å². The van der Waals surface area contributed by atoms with Gasteiger partial charge in [0.15, 0.2) is 0 Å². The van der Waals surface area contributed by atoms with Crippen LogP contribution < -0.4 is 0 Å². The van der Waals surface area contributed by atoms with Crippen molar-refractivity contribution in [2.75, 3.05) is 19.0 Å². The van der Waals surface area contributed by atoms with Gasteiger partial charge in [0.1, 0.15) is 4.21 Å². The van der Waals surface area contributed by atoms with Crippen LogP contribution >= 0.6 is 22.9 Å². The Kier molecular flexibility index (Phi) is 6.98. The maximum Gasteiger partial charge on any atom is 0.252 e. The van der Waals surface area contributed by atoms with E-state index < -0.39 is 10.0 Å². The molecule has 1 rings (SSSR count). The molecular formula is C14H24ClNO2S2. The van der Waals surface area contributed by atoms with Gasteiger partial charge in [-0.25, -0.2) is 8.42 Å². The Morgan fingerprint density at radius 2 is 1.70 bits per heavy atom. The minimum Gasteiger partial charge on any atom is -0.206 e. The fourth-order valence-corrected chi connectivity index (χ4v) is 5.53. The van der Waals surface area contributed by atoms with Crippen molar-refractivity contribution in [3.05, 3.63) is 17.0 Å². The van der Waals surface area contributed by atoms with Crippen LogP contribution in [0, 0.1) is 11.8 Å². The van der Waals surface area contributed by atoms with Gasteiger partial charge in [0.25, 0.3) is 10.0 Å². The van der Waals surface area contributed by atoms with Crippen molar-refractivity contribution < 1.29 is 8.42 Å². The Bertz CT molecular complexity index is 499. The van der Waals surface area contributed by atoms with E-state index in [2.05, 4.69) is 0 Å². The Labute approximate surface area is 132 Å². The molecule has 1 heterocycles. The molecule has 0 bridgehead atoms. The number of rotatable bonds is 8. The average molecular weight is 338 g/mol. The van der Waals surface area contributed by atoms with E-state index in [0.29, 0.717) is 35.0 Å². The number of halogens is 1. The molecule has 0 saturated heterocycles. The van der Waals surface area contributed by atoms with Gasteiger partial charge in [0, 0.05) is 23.8 Å². The van der Waals surface area contributed by atoms with Gasteiger partial charge in [-0.2, -0.15) is 4.31 Å². The minimum atomic E-state index is -3.38. The molecule has 20 heavy (non-hydrogen) atoms. The van der Waals surface area contributed by atoms with Crippen LogP contribution in [0.2, 0.25) is 0 Å². The van der Waals surface area contributed by atoms with Crippen molar-refractivity contribution in [1.82, 2.24) is 4.31 Å². The van der Waals surface area contributed by atoms with Crippen LogP contribution in [0.1, 0.15) is 32.6 Å². The maximum absolute atomic E-state index is 12.7. The van der Waals surface area contributed by atoms with Crippen LogP contribution in [0.4, 0.5) is 0 Å². The molecule has 0 amide bonds. The van der Waals surface area contributed by atoms with Crippen molar-refractivity contribution in [2.45, 2.75) is 38.3 Å². The molecule has 1 aromatic heterocycles. The molecule has 0 fully saturated rings. The second-order valence-electron chi connectivity index (χ2n) is 5.77. The van der Waals surface area contributed by atoms with Crippen molar-refractivity contribution in [3.63, 3.8) is 0 Å². The molecule has 0 aliphatic rings. The minimum absolute atomic E-state index is 0.311. The van der Waals surface area contributed by atoms with Gasteiger partial charge in [-0.1, -0.05) is 27.7 Å². The molecule has 0 aliphatic heterocycles. The lowest BCUT2D eigenvalue weighted by Crippen LogP contribution is -2.36. The maximum atomic E-state index is 12.7. The van der Waals surface area contributed by atoms with E-state index in [1.807, 2.05) is 33.8 Å². The molecule has 6 heteroatoms. The lowest BCUT2D eigenvalue weighted by Gasteiger charge is -2.24. The van der Waals surface area contributed by atoms with Gasteiger partial charge in [-0.05, 0) is 30.4 Å². The van der Waals surface area contributed by atoms with Gasteiger partial charge < -0.3 is 0 Å². The second-order valence-corrected chi connectivity index (χ2v) is 9.48. The normalized spacial score (nSPS) is 12.8. The molecule has 0 spiro atoms. The van der Waals surface area contributed by atoms with E-state index in [9.17, 15) is 8.42 Å². The third-order valence-electron chi connectivity index (χ3n) is 2.71. The van der Waals surface area contributed by atoms with Crippen LogP contribution in [0.25, 0.3) is 0 Å². The summed E-state index contributed by atoms with van der Waals surface area (Å²) in [5.41, 5.74) is 0. The van der Waals surface area contributed by atoms with Gasteiger partial charge >= 0.3 is 0 Å². The molecule has 0 N–H and O–H groups in total. The van der Waals surface area contributed by atoms with Gasteiger partial charge in [0.2, 0.25) is 0 Å². The summed E-state index contributed by atoms with van der Waals surface area (Å²) in [6, 6.07) is 3.57. The first-order chi connectivity index (χ1) is 9.27. The van der Waals surface area contributed by atoms with E-state index >= 15 is 0 Å². The fraction of sp³-hybridized carbons (Fsp3) is 0.714. The van der Waals surface area contributed by atoms with Crippen molar-refractivity contribution in [3.8, 4) is 0 Å². The molecule has 0 aromatic carbocycles. The van der Waals surface area contributed by atoms with E-state index in [1.54, 1.807) is 10.4 Å². The summed E-state index contributed by atoms with van der Waals surface area (Å²) in [4.78, 5) is 1.02. The summed E-state index contributed by atoms with van der Waals surface area (Å²) < 4.78 is 27.5. The van der Waals surface area contributed by atoms with E-state index in [1.165, 1.54) is 11.3 Å². The number of hydrogen-bond donors (Lipinski definition) is 0. The number of hydrogen-bond acceptors (Lipinski definition) is 3. The predicted molar refractivity (Wildman–Crippen MR) is 87.2 cm³/mol. The molecule has 0 saturated carbocycles. The molecular weight excluding hydrogens is 314 g/mol. The molecule has 0 atom stereocenters. The quantitative estimate of drug-likeness (QED) is 0.676. The zero-order chi connectivity index (χ0) is 15.3. The molecule has 3 nitrogen and oxygen atoms in total. The lowest BCUT2D eigenvalue weighted by atomic mass is 10.2. The SMILES string of the molecule is CC(C)CN(CC(C)C)S(=O)(=O)c1ccc(CCCl)s1. The standard InChI is InChI=1S/C14H24ClNO2S2/c1-11(2)9-16(10-12(3)4)20(17,18)14-6-5-13(19-14)7-8-15/h5-6,11-12H,7-10H2,1-4H3. The predicted octanol–water partition coefficient (Wildman–Crippen LogP) is 3.83. The number of thiophene rings is 1. The highest BCUT2D eigenvalue weighted by Crippen LogP contribution is 2.26. The van der Waals surface area contributed by atoms with Gasteiger partial charge in [-0.3, -0.25) is 0 Å². The molecule has 1 aromatic rings. The fourth-order valence-electron chi connectivity index (χ4n) is 1.94. The summed E-state index contributed by atoms with van der Waals surface area (Å²) in [5, 5.41) is 0. The third kappa shape index (κ3) is 5.02. The summed E-state index contributed by atoms with van der Waals surface area (Å²) in [6.07, 6.45) is 0.718. The monoisotopic (exact) mass is 337 g/mol.